The summed E-state index contributed by atoms with van der Waals surface area (Å²) in [6.07, 6.45) is 6.56. The Labute approximate surface area is 95.7 Å². The van der Waals surface area contributed by atoms with Crippen molar-refractivity contribution in [3.63, 3.8) is 0 Å². The van der Waals surface area contributed by atoms with Gasteiger partial charge in [-0.1, -0.05) is 23.3 Å². The highest BCUT2D eigenvalue weighted by Crippen LogP contribution is 2.32. The predicted molar refractivity (Wildman–Crippen MR) is 61.2 cm³/mol. The molecule has 0 radical (unpaired) electrons. The second kappa shape index (κ2) is 4.24. The van der Waals surface area contributed by atoms with Crippen molar-refractivity contribution in [1.82, 2.24) is 0 Å². The smallest absolute Gasteiger partial charge is 0.311 e. The van der Waals surface area contributed by atoms with Gasteiger partial charge in [0.2, 0.25) is 0 Å². The number of fused-ring (bicyclic) bond motifs is 1. The summed E-state index contributed by atoms with van der Waals surface area (Å²) < 4.78 is 7.85. The van der Waals surface area contributed by atoms with E-state index in [4.69, 9.17) is 4.74 Å². The zero-order valence-electron chi connectivity index (χ0n) is 9.43. The van der Waals surface area contributed by atoms with Crippen molar-refractivity contribution < 1.29 is 9.43 Å². The first kappa shape index (κ1) is 9.82. The maximum absolute atomic E-state index is 5.72. The molecule has 0 aromatic heterocycles. The zero-order chi connectivity index (χ0) is 10.8. The van der Waals surface area contributed by atoms with Crippen LogP contribution >= 0.6 is 0 Å². The van der Waals surface area contributed by atoms with Crippen LogP contribution in [0.25, 0.3) is 0 Å². The topological polar surface area (TPSA) is 24.6 Å². The lowest BCUT2D eigenvalue weighted by atomic mass is 9.95. The van der Waals surface area contributed by atoms with Gasteiger partial charge in [0, 0.05) is 18.0 Å². The fourth-order valence-electron chi connectivity index (χ4n) is 2.53. The molecule has 3 rings (SSSR count). The fourth-order valence-corrected chi connectivity index (χ4v) is 2.53. The number of para-hydroxylation sites is 1. The molecular weight excluding hydrogens is 200 g/mol. The molecule has 1 aromatic carbocycles. The lowest BCUT2D eigenvalue weighted by Gasteiger charge is -2.20. The summed E-state index contributed by atoms with van der Waals surface area (Å²) >= 11 is 0. The van der Waals surface area contributed by atoms with Crippen molar-refractivity contribution in [2.45, 2.75) is 38.1 Å². The molecule has 3 nitrogen and oxygen atoms in total. The van der Waals surface area contributed by atoms with Crippen molar-refractivity contribution in [1.29, 1.82) is 0 Å². The Morgan fingerprint density at radius 2 is 1.94 bits per heavy atom. The van der Waals surface area contributed by atoms with Gasteiger partial charge in [-0.15, -0.1) is 0 Å². The van der Waals surface area contributed by atoms with E-state index in [1.807, 2.05) is 24.3 Å². The van der Waals surface area contributed by atoms with Crippen molar-refractivity contribution in [3.8, 4) is 5.75 Å². The summed E-state index contributed by atoms with van der Waals surface area (Å²) in [6, 6.07) is 8.59. The van der Waals surface area contributed by atoms with Crippen LogP contribution < -0.4 is 4.74 Å². The van der Waals surface area contributed by atoms with E-state index in [0.29, 0.717) is 12.8 Å². The number of ether oxygens (including phenoxy) is 1. The molecule has 0 bridgehead atoms. The van der Waals surface area contributed by atoms with Crippen LogP contribution in [0.1, 0.15) is 32.1 Å². The van der Waals surface area contributed by atoms with Crippen molar-refractivity contribution in [2.24, 2.45) is 5.11 Å². The fraction of sp³-hybridized carbons (Fsp3) is 0.538. The van der Waals surface area contributed by atoms with Crippen LogP contribution in [0.5, 0.6) is 5.75 Å². The number of azo groups is 2. The summed E-state index contributed by atoms with van der Waals surface area (Å²) in [6.45, 7) is 0.613. The molecule has 2 aliphatic rings. The van der Waals surface area contributed by atoms with Crippen LogP contribution in [0.4, 0.5) is 5.69 Å². The average molecular weight is 217 g/mol. The van der Waals surface area contributed by atoms with Gasteiger partial charge < -0.3 is 4.74 Å². The van der Waals surface area contributed by atoms with E-state index in [0.717, 1.165) is 11.4 Å². The van der Waals surface area contributed by atoms with E-state index >= 15 is 0 Å². The molecule has 0 N–H and O–H groups in total. The van der Waals surface area contributed by atoms with Gasteiger partial charge in [0.1, 0.15) is 0 Å². The first-order valence-corrected chi connectivity index (χ1v) is 6.13. The minimum Gasteiger partial charge on any atom is -0.432 e. The highest BCUT2D eigenvalue weighted by atomic mass is 16.5. The van der Waals surface area contributed by atoms with Gasteiger partial charge in [0.25, 0.3) is 0 Å². The Hall–Kier alpha value is -1.38. The summed E-state index contributed by atoms with van der Waals surface area (Å²) in [7, 11) is 0. The highest BCUT2D eigenvalue weighted by molar-refractivity contribution is 5.50. The minimum absolute atomic E-state index is 0.585. The molecule has 3 heteroatoms. The number of hydrogen-bond acceptors (Lipinski definition) is 2. The molecule has 1 saturated carbocycles. The third-order valence-electron chi connectivity index (χ3n) is 3.45. The summed E-state index contributed by atoms with van der Waals surface area (Å²) in [4.78, 5) is 0. The van der Waals surface area contributed by atoms with Crippen LogP contribution in [-0.4, -0.2) is 17.5 Å². The van der Waals surface area contributed by atoms with Gasteiger partial charge in [-0.25, -0.2) is 0 Å². The minimum atomic E-state index is 0.585. The average Bonchev–Trinajstić information content (AvgIpc) is 2.39. The van der Waals surface area contributed by atoms with Crippen molar-refractivity contribution in [3.05, 3.63) is 24.3 Å². The maximum atomic E-state index is 5.72. The van der Waals surface area contributed by atoms with Crippen molar-refractivity contribution in [2.75, 3.05) is 6.73 Å². The third kappa shape index (κ3) is 1.82. The Bertz CT molecular complexity index is 408. The second-order valence-corrected chi connectivity index (χ2v) is 4.57. The molecule has 0 atom stereocenters. The summed E-state index contributed by atoms with van der Waals surface area (Å²) in [5.74, 6) is 0.912. The van der Waals surface area contributed by atoms with E-state index < -0.39 is 0 Å². The van der Waals surface area contributed by atoms with Crippen molar-refractivity contribution >= 4 is 5.69 Å². The molecule has 1 aliphatic carbocycles. The Kier molecular flexibility index (Phi) is 2.60. The van der Waals surface area contributed by atoms with E-state index in [9.17, 15) is 0 Å². The molecule has 0 unspecified atom stereocenters. The first-order chi connectivity index (χ1) is 7.93. The third-order valence-corrected chi connectivity index (χ3v) is 3.45. The molecule has 1 aliphatic heterocycles. The summed E-state index contributed by atoms with van der Waals surface area (Å²) in [5.41, 5.74) is 0.972. The van der Waals surface area contributed by atoms with Gasteiger partial charge in [0.05, 0.1) is 0 Å². The van der Waals surface area contributed by atoms with Crippen LogP contribution in [0.2, 0.25) is 0 Å². The number of benzene rings is 1. The van der Waals surface area contributed by atoms with E-state index in [2.05, 4.69) is 9.81 Å². The Morgan fingerprint density at radius 1 is 1.12 bits per heavy atom. The standard InChI is InChI=1S/C13H17N2O/c1-2-6-11(7-3-1)15-10-16-13-9-5-4-8-12(13)14-15/h4-5,8-9,11H,1-3,6-7,10H2/q+1. The van der Waals surface area contributed by atoms with E-state index in [1.54, 1.807) is 0 Å². The number of rotatable bonds is 1. The lowest BCUT2D eigenvalue weighted by molar-refractivity contribution is -0.654. The van der Waals surface area contributed by atoms with Crippen LogP contribution in [0, 0.1) is 0 Å². The number of hydrogen-bond donors (Lipinski definition) is 0. The molecular formula is C13H17N2O+. The van der Waals surface area contributed by atoms with E-state index in [-0.39, 0.29) is 0 Å². The van der Waals surface area contributed by atoms with Gasteiger partial charge >= 0.3 is 6.73 Å². The van der Waals surface area contributed by atoms with Gasteiger partial charge in [-0.2, -0.15) is 0 Å². The van der Waals surface area contributed by atoms with Gasteiger partial charge in [-0.05, 0) is 25.0 Å². The highest BCUT2D eigenvalue weighted by Gasteiger charge is 2.28. The van der Waals surface area contributed by atoms with Crippen LogP contribution in [0.15, 0.2) is 29.4 Å². The Balaban J connectivity index is 1.85. The molecule has 1 heterocycles. The molecule has 0 amide bonds. The lowest BCUT2D eigenvalue weighted by Crippen LogP contribution is -2.31. The van der Waals surface area contributed by atoms with E-state index in [1.165, 1.54) is 32.1 Å². The Morgan fingerprint density at radius 3 is 2.81 bits per heavy atom. The zero-order valence-corrected chi connectivity index (χ0v) is 9.43. The molecule has 1 fully saturated rings. The van der Waals surface area contributed by atoms with Gasteiger partial charge in [0.15, 0.2) is 17.5 Å². The normalized spacial score (nSPS) is 20.9. The molecule has 1 aromatic rings. The van der Waals surface area contributed by atoms with Gasteiger partial charge in [-0.3, -0.25) is 0 Å². The number of nitrogens with zero attached hydrogens (tertiary/aromatic N) is 2. The SMILES string of the molecule is c1ccc2c(c1)N=[N+](C1CCCCC1)CO2. The molecule has 0 saturated heterocycles. The van der Waals surface area contributed by atoms with Crippen LogP contribution in [-0.2, 0) is 0 Å². The first-order valence-electron chi connectivity index (χ1n) is 6.13. The second-order valence-electron chi connectivity index (χ2n) is 4.57. The predicted octanol–water partition coefficient (Wildman–Crippen LogP) is 3.47. The monoisotopic (exact) mass is 217 g/mol. The maximum Gasteiger partial charge on any atom is 0.311 e. The largest absolute Gasteiger partial charge is 0.432 e. The quantitative estimate of drug-likeness (QED) is 0.661. The molecule has 84 valence electrons. The van der Waals surface area contributed by atoms with Crippen LogP contribution in [0.3, 0.4) is 0 Å². The molecule has 0 spiro atoms. The summed E-state index contributed by atoms with van der Waals surface area (Å²) in [5, 5.41) is 4.68. The molecule has 16 heavy (non-hydrogen) atoms.